The predicted molar refractivity (Wildman–Crippen MR) is 142 cm³/mol. The topological polar surface area (TPSA) is 135 Å². The van der Waals surface area contributed by atoms with Crippen molar-refractivity contribution in [2.24, 2.45) is 5.92 Å². The van der Waals surface area contributed by atoms with Crippen molar-refractivity contribution in [2.75, 3.05) is 28.0 Å². The Hall–Kier alpha value is -3.84. The number of hydrogen-bond donors (Lipinski definition) is 2. The molecule has 1 amide bonds. The standard InChI is InChI=1S/C24H26N8O3S2/c1-16-12-17(2)32(29-16)22-13-21(26-15-27-22)31-10-3-4-18(14-31)23(33)28-19-5-7-20(8-6-19)37(34,35)30-24-25-9-11-36-24/h5-9,11-13,15,18H,3-4,10,14H2,1-2H3,(H,25,30)(H,28,33). The molecule has 11 nitrogen and oxygen atoms in total. The highest BCUT2D eigenvalue weighted by molar-refractivity contribution is 7.93. The van der Waals surface area contributed by atoms with Crippen LogP contribution in [0.4, 0.5) is 16.6 Å². The number of nitrogens with zero attached hydrogens (tertiary/aromatic N) is 6. The van der Waals surface area contributed by atoms with E-state index in [1.807, 2.05) is 26.0 Å². The number of piperidine rings is 1. The molecule has 1 aliphatic heterocycles. The number of sulfonamides is 1. The molecule has 0 radical (unpaired) electrons. The van der Waals surface area contributed by atoms with E-state index in [2.05, 4.69) is 35.0 Å². The zero-order chi connectivity index (χ0) is 26.0. The average molecular weight is 539 g/mol. The van der Waals surface area contributed by atoms with Crippen LogP contribution in [0.3, 0.4) is 0 Å². The van der Waals surface area contributed by atoms with Gasteiger partial charge >= 0.3 is 0 Å². The summed E-state index contributed by atoms with van der Waals surface area (Å²) in [6.45, 7) is 5.22. The lowest BCUT2D eigenvalue weighted by atomic mass is 9.97. The quantitative estimate of drug-likeness (QED) is 0.366. The molecular formula is C24H26N8O3S2. The van der Waals surface area contributed by atoms with Crippen LogP contribution in [0.25, 0.3) is 5.82 Å². The molecule has 4 heterocycles. The van der Waals surface area contributed by atoms with Crippen LogP contribution in [0.5, 0.6) is 0 Å². The summed E-state index contributed by atoms with van der Waals surface area (Å²) >= 11 is 1.20. The maximum absolute atomic E-state index is 13.1. The summed E-state index contributed by atoms with van der Waals surface area (Å²) in [5.74, 6) is 1.07. The normalized spacial score (nSPS) is 15.9. The second kappa shape index (κ2) is 10.3. The number of anilines is 3. The van der Waals surface area contributed by atoms with Crippen molar-refractivity contribution in [3.05, 3.63) is 65.7 Å². The summed E-state index contributed by atoms with van der Waals surface area (Å²) in [5.41, 5.74) is 2.42. The molecule has 1 atom stereocenters. The summed E-state index contributed by atoms with van der Waals surface area (Å²) in [6, 6.07) is 9.96. The number of benzene rings is 1. The number of aryl methyl sites for hydroxylation is 2. The highest BCUT2D eigenvalue weighted by Crippen LogP contribution is 2.25. The summed E-state index contributed by atoms with van der Waals surface area (Å²) in [5, 5.41) is 9.40. The second-order valence-corrected chi connectivity index (χ2v) is 11.4. The number of amides is 1. The third-order valence-electron chi connectivity index (χ3n) is 6.07. The molecule has 2 N–H and O–H groups in total. The minimum atomic E-state index is -3.75. The lowest BCUT2D eigenvalue weighted by molar-refractivity contribution is -0.120. The van der Waals surface area contributed by atoms with Gasteiger partial charge in [0.25, 0.3) is 10.0 Å². The lowest BCUT2D eigenvalue weighted by Crippen LogP contribution is -2.41. The van der Waals surface area contributed by atoms with Gasteiger partial charge in [-0.25, -0.2) is 28.1 Å². The van der Waals surface area contributed by atoms with E-state index < -0.39 is 10.0 Å². The molecule has 192 valence electrons. The molecule has 0 aliphatic carbocycles. The van der Waals surface area contributed by atoms with Crippen LogP contribution >= 0.6 is 11.3 Å². The summed E-state index contributed by atoms with van der Waals surface area (Å²) < 4.78 is 29.3. The molecule has 5 rings (SSSR count). The minimum absolute atomic E-state index is 0.0896. The average Bonchev–Trinajstić information content (AvgIpc) is 3.52. The fourth-order valence-corrected chi connectivity index (χ4v) is 6.08. The van der Waals surface area contributed by atoms with Crippen molar-refractivity contribution in [3.63, 3.8) is 0 Å². The largest absolute Gasteiger partial charge is 0.356 e. The Balaban J connectivity index is 1.24. The van der Waals surface area contributed by atoms with Crippen LogP contribution in [0.1, 0.15) is 24.2 Å². The first-order valence-electron chi connectivity index (χ1n) is 11.7. The molecule has 1 unspecified atom stereocenters. The number of aromatic nitrogens is 5. The maximum atomic E-state index is 13.1. The number of carbonyl (C=O) groups is 1. The van der Waals surface area contributed by atoms with Crippen molar-refractivity contribution >= 4 is 43.9 Å². The van der Waals surface area contributed by atoms with Crippen LogP contribution in [-0.2, 0) is 14.8 Å². The van der Waals surface area contributed by atoms with Crippen LogP contribution < -0.4 is 14.9 Å². The van der Waals surface area contributed by atoms with Gasteiger partial charge in [0.2, 0.25) is 5.91 Å². The number of hydrogen-bond acceptors (Lipinski definition) is 9. The highest BCUT2D eigenvalue weighted by Gasteiger charge is 2.27. The number of carbonyl (C=O) groups excluding carboxylic acids is 1. The summed E-state index contributed by atoms with van der Waals surface area (Å²) in [7, 11) is -3.75. The molecular weight excluding hydrogens is 512 g/mol. The number of nitrogens with one attached hydrogen (secondary N) is 2. The van der Waals surface area contributed by atoms with E-state index in [1.54, 1.807) is 22.2 Å². The van der Waals surface area contributed by atoms with Crippen molar-refractivity contribution < 1.29 is 13.2 Å². The van der Waals surface area contributed by atoms with Gasteiger partial charge in [0, 0.05) is 42.1 Å². The van der Waals surface area contributed by atoms with Crippen molar-refractivity contribution in [1.82, 2.24) is 24.7 Å². The van der Waals surface area contributed by atoms with E-state index in [0.29, 0.717) is 23.2 Å². The van der Waals surface area contributed by atoms with E-state index in [1.165, 1.54) is 36.0 Å². The van der Waals surface area contributed by atoms with Crippen LogP contribution in [0.15, 0.2) is 59.2 Å². The minimum Gasteiger partial charge on any atom is -0.356 e. The van der Waals surface area contributed by atoms with Gasteiger partial charge in [-0.15, -0.1) is 11.3 Å². The zero-order valence-electron chi connectivity index (χ0n) is 20.3. The molecule has 3 aromatic heterocycles. The Labute approximate surface area is 218 Å². The maximum Gasteiger partial charge on any atom is 0.263 e. The monoisotopic (exact) mass is 538 g/mol. The third kappa shape index (κ3) is 5.62. The molecule has 37 heavy (non-hydrogen) atoms. The Morgan fingerprint density at radius 2 is 1.86 bits per heavy atom. The summed E-state index contributed by atoms with van der Waals surface area (Å²) in [4.78, 5) is 28.0. The predicted octanol–water partition coefficient (Wildman–Crippen LogP) is 3.39. The highest BCUT2D eigenvalue weighted by atomic mass is 32.2. The molecule has 1 fully saturated rings. The number of thiazole rings is 1. The molecule has 1 saturated heterocycles. The first-order valence-corrected chi connectivity index (χ1v) is 14.1. The Bertz CT molecular complexity index is 1500. The molecule has 1 aliphatic rings. The van der Waals surface area contributed by atoms with Gasteiger partial charge in [0.05, 0.1) is 16.5 Å². The molecule has 0 saturated carbocycles. The van der Waals surface area contributed by atoms with Crippen LogP contribution in [0, 0.1) is 19.8 Å². The molecule has 0 bridgehead atoms. The van der Waals surface area contributed by atoms with Gasteiger partial charge in [0.1, 0.15) is 12.1 Å². The van der Waals surface area contributed by atoms with Gasteiger partial charge in [-0.2, -0.15) is 5.10 Å². The molecule has 0 spiro atoms. The van der Waals surface area contributed by atoms with E-state index in [0.717, 1.165) is 36.6 Å². The van der Waals surface area contributed by atoms with Gasteiger partial charge < -0.3 is 10.2 Å². The second-order valence-electron chi connectivity index (χ2n) is 8.81. The van der Waals surface area contributed by atoms with Gasteiger partial charge in [-0.05, 0) is 57.0 Å². The first kappa shape index (κ1) is 24.8. The Morgan fingerprint density at radius 1 is 1.08 bits per heavy atom. The van der Waals surface area contributed by atoms with Gasteiger partial charge in [0.15, 0.2) is 10.9 Å². The molecule has 13 heteroatoms. The fraction of sp³-hybridized carbons (Fsp3) is 0.292. The van der Waals surface area contributed by atoms with E-state index in [-0.39, 0.29) is 16.7 Å². The molecule has 1 aromatic carbocycles. The van der Waals surface area contributed by atoms with E-state index in [9.17, 15) is 13.2 Å². The van der Waals surface area contributed by atoms with Crippen LogP contribution in [-0.4, -0.2) is 52.1 Å². The SMILES string of the molecule is Cc1cc(C)n(-c2cc(N3CCCC(C(=O)Nc4ccc(S(=O)(=O)Nc5nccs5)cc4)C3)ncn2)n1. The van der Waals surface area contributed by atoms with Gasteiger partial charge in [-0.1, -0.05) is 0 Å². The summed E-state index contributed by atoms with van der Waals surface area (Å²) in [6.07, 6.45) is 4.64. The van der Waals surface area contributed by atoms with Crippen molar-refractivity contribution in [2.45, 2.75) is 31.6 Å². The van der Waals surface area contributed by atoms with E-state index in [4.69, 9.17) is 0 Å². The zero-order valence-corrected chi connectivity index (χ0v) is 22.0. The van der Waals surface area contributed by atoms with Crippen molar-refractivity contribution in [1.29, 1.82) is 0 Å². The molecule has 4 aromatic rings. The first-order chi connectivity index (χ1) is 17.8. The Kier molecular flexibility index (Phi) is 6.89. The van der Waals surface area contributed by atoms with Crippen molar-refractivity contribution in [3.8, 4) is 5.82 Å². The third-order valence-corrected chi connectivity index (χ3v) is 8.24. The number of rotatable bonds is 7. The lowest BCUT2D eigenvalue weighted by Gasteiger charge is -2.33. The fourth-order valence-electron chi connectivity index (χ4n) is 4.30. The van der Waals surface area contributed by atoms with Gasteiger partial charge in [-0.3, -0.25) is 9.52 Å². The van der Waals surface area contributed by atoms with E-state index >= 15 is 0 Å². The smallest absolute Gasteiger partial charge is 0.263 e. The van der Waals surface area contributed by atoms with Crippen LogP contribution in [0.2, 0.25) is 0 Å². The Morgan fingerprint density at radius 3 is 2.57 bits per heavy atom.